The lowest BCUT2D eigenvalue weighted by atomic mass is 10.2. The molecule has 0 unspecified atom stereocenters. The second-order valence-electron chi connectivity index (χ2n) is 2.95. The van der Waals surface area contributed by atoms with Crippen LogP contribution in [0.5, 0.6) is 0 Å². The van der Waals surface area contributed by atoms with Crippen molar-refractivity contribution in [2.75, 3.05) is 0 Å². The zero-order valence-electron chi connectivity index (χ0n) is 7.30. The van der Waals surface area contributed by atoms with Crippen LogP contribution >= 0.6 is 34.5 Å². The predicted octanol–water partition coefficient (Wildman–Crippen LogP) is 3.88. The fourth-order valence-electron chi connectivity index (χ4n) is 1.31. The minimum Gasteiger partial charge on any atom is -0.289 e. The van der Waals surface area contributed by atoms with E-state index in [1.165, 1.54) is 11.3 Å². The number of hydrogen-bond acceptors (Lipinski definition) is 2. The smallest absolute Gasteiger partial charge is 0.189 e. The van der Waals surface area contributed by atoms with Gasteiger partial charge in [-0.1, -0.05) is 23.2 Å². The zero-order valence-corrected chi connectivity index (χ0v) is 9.63. The Balaban J connectivity index is 3.08. The van der Waals surface area contributed by atoms with Crippen molar-refractivity contribution in [2.24, 2.45) is 0 Å². The highest BCUT2D eigenvalue weighted by Gasteiger charge is 2.07. The lowest BCUT2D eigenvalue weighted by Crippen LogP contribution is -1.99. The summed E-state index contributed by atoms with van der Waals surface area (Å²) in [6, 6.07) is 4.94. The fourth-order valence-corrected chi connectivity index (χ4v) is 2.86. The van der Waals surface area contributed by atoms with E-state index in [4.69, 9.17) is 23.2 Å². The van der Waals surface area contributed by atoms with E-state index in [-0.39, 0.29) is 5.43 Å². The highest BCUT2D eigenvalue weighted by Crippen LogP contribution is 2.31. The summed E-state index contributed by atoms with van der Waals surface area (Å²) < 4.78 is 0.768. The topological polar surface area (TPSA) is 17.1 Å². The third kappa shape index (κ3) is 1.54. The van der Waals surface area contributed by atoms with Gasteiger partial charge in [-0.25, -0.2) is 0 Å². The minimum absolute atomic E-state index is 0.0660. The van der Waals surface area contributed by atoms with Crippen molar-refractivity contribution >= 4 is 44.6 Å². The van der Waals surface area contributed by atoms with Gasteiger partial charge in [-0.15, -0.1) is 11.3 Å². The average molecular weight is 245 g/mol. The van der Waals surface area contributed by atoms with Gasteiger partial charge >= 0.3 is 0 Å². The van der Waals surface area contributed by atoms with Crippen molar-refractivity contribution in [2.45, 2.75) is 6.92 Å². The van der Waals surface area contributed by atoms with E-state index in [9.17, 15) is 4.79 Å². The van der Waals surface area contributed by atoms with Crippen LogP contribution in [0.25, 0.3) is 10.1 Å². The number of hydrogen-bond donors (Lipinski definition) is 0. The molecule has 0 fully saturated rings. The molecule has 4 heteroatoms. The molecule has 0 amide bonds. The standard InChI is InChI=1S/C10H6Cl2OS/c1-5-4-8(13)9-6(11)2-3-7(12)10(9)14-5/h2-4H,1H3. The summed E-state index contributed by atoms with van der Waals surface area (Å²) in [5.74, 6) is 0. The van der Waals surface area contributed by atoms with Crippen molar-refractivity contribution in [3.05, 3.63) is 43.3 Å². The largest absolute Gasteiger partial charge is 0.289 e. The molecule has 0 spiro atoms. The van der Waals surface area contributed by atoms with Gasteiger partial charge in [-0.05, 0) is 25.1 Å². The average Bonchev–Trinajstić information content (AvgIpc) is 2.10. The Morgan fingerprint density at radius 1 is 1.21 bits per heavy atom. The molecule has 0 aliphatic rings. The third-order valence-corrected chi connectivity index (χ3v) is 3.71. The van der Waals surface area contributed by atoms with E-state index in [2.05, 4.69) is 0 Å². The van der Waals surface area contributed by atoms with Crippen molar-refractivity contribution in [1.29, 1.82) is 0 Å². The van der Waals surface area contributed by atoms with Crippen LogP contribution in [0.15, 0.2) is 23.0 Å². The Labute approximate surface area is 94.9 Å². The Bertz CT molecular complexity index is 560. The lowest BCUT2D eigenvalue weighted by Gasteiger charge is -2.01. The van der Waals surface area contributed by atoms with Crippen molar-refractivity contribution in [3.63, 3.8) is 0 Å². The number of aryl methyl sites for hydroxylation is 1. The van der Waals surface area contributed by atoms with Gasteiger partial charge in [0, 0.05) is 4.88 Å². The maximum atomic E-state index is 11.6. The van der Waals surface area contributed by atoms with Crippen LogP contribution in [0, 0.1) is 6.92 Å². The van der Waals surface area contributed by atoms with Crippen molar-refractivity contribution < 1.29 is 0 Å². The summed E-state index contributed by atoms with van der Waals surface area (Å²) in [6.07, 6.45) is 0. The first-order chi connectivity index (χ1) is 6.59. The second-order valence-corrected chi connectivity index (χ2v) is 5.03. The third-order valence-electron chi connectivity index (χ3n) is 1.90. The number of fused-ring (bicyclic) bond motifs is 1. The summed E-state index contributed by atoms with van der Waals surface area (Å²) in [6.45, 7) is 1.88. The van der Waals surface area contributed by atoms with E-state index in [0.29, 0.717) is 15.4 Å². The maximum Gasteiger partial charge on any atom is 0.189 e. The first-order valence-corrected chi connectivity index (χ1v) is 5.55. The molecule has 2 rings (SSSR count). The van der Waals surface area contributed by atoms with Crippen LogP contribution in [0.1, 0.15) is 4.88 Å². The molecule has 14 heavy (non-hydrogen) atoms. The second kappa shape index (κ2) is 3.54. The Morgan fingerprint density at radius 2 is 1.86 bits per heavy atom. The number of rotatable bonds is 0. The van der Waals surface area contributed by atoms with Gasteiger partial charge in [0.1, 0.15) is 0 Å². The molecule has 72 valence electrons. The summed E-state index contributed by atoms with van der Waals surface area (Å²) >= 11 is 13.4. The molecule has 0 radical (unpaired) electrons. The zero-order chi connectivity index (χ0) is 10.3. The number of benzene rings is 1. The normalized spacial score (nSPS) is 10.8. The van der Waals surface area contributed by atoms with E-state index in [1.807, 2.05) is 6.92 Å². The molecule has 2 aromatic rings. The van der Waals surface area contributed by atoms with Gasteiger partial charge in [-0.2, -0.15) is 0 Å². The summed E-state index contributed by atoms with van der Waals surface area (Å²) in [4.78, 5) is 12.6. The summed E-state index contributed by atoms with van der Waals surface area (Å²) in [5.41, 5.74) is -0.0660. The molecule has 0 aliphatic carbocycles. The fraction of sp³-hybridized carbons (Fsp3) is 0.100. The van der Waals surface area contributed by atoms with Crippen LogP contribution in [-0.4, -0.2) is 0 Å². The Kier molecular flexibility index (Phi) is 2.52. The molecule has 0 atom stereocenters. The van der Waals surface area contributed by atoms with E-state index in [0.717, 1.165) is 9.58 Å². The van der Waals surface area contributed by atoms with Gasteiger partial charge < -0.3 is 0 Å². The molecular formula is C10H6Cl2OS. The van der Waals surface area contributed by atoms with Gasteiger partial charge in [0.05, 0.1) is 20.1 Å². The Morgan fingerprint density at radius 3 is 2.57 bits per heavy atom. The molecule has 1 nitrogen and oxygen atoms in total. The maximum absolute atomic E-state index is 11.6. The molecular weight excluding hydrogens is 239 g/mol. The highest BCUT2D eigenvalue weighted by molar-refractivity contribution is 7.19. The molecule has 0 bridgehead atoms. The van der Waals surface area contributed by atoms with Crippen LogP contribution in [-0.2, 0) is 0 Å². The quantitative estimate of drug-likeness (QED) is 0.688. The van der Waals surface area contributed by atoms with Crippen molar-refractivity contribution in [1.82, 2.24) is 0 Å². The Hall–Kier alpha value is -0.570. The van der Waals surface area contributed by atoms with Gasteiger partial charge in [0.15, 0.2) is 5.43 Å². The predicted molar refractivity (Wildman–Crippen MR) is 62.9 cm³/mol. The molecule has 1 heterocycles. The van der Waals surface area contributed by atoms with E-state index < -0.39 is 0 Å². The molecule has 0 saturated carbocycles. The SMILES string of the molecule is Cc1cc(=O)c2c(Cl)ccc(Cl)c2s1. The monoisotopic (exact) mass is 244 g/mol. The minimum atomic E-state index is -0.0660. The van der Waals surface area contributed by atoms with Crippen LogP contribution in [0.3, 0.4) is 0 Å². The highest BCUT2D eigenvalue weighted by atomic mass is 35.5. The first kappa shape index (κ1) is 9.97. The van der Waals surface area contributed by atoms with E-state index >= 15 is 0 Å². The van der Waals surface area contributed by atoms with Crippen LogP contribution in [0.4, 0.5) is 0 Å². The van der Waals surface area contributed by atoms with Crippen molar-refractivity contribution in [3.8, 4) is 0 Å². The van der Waals surface area contributed by atoms with Crippen LogP contribution in [0.2, 0.25) is 10.0 Å². The van der Waals surface area contributed by atoms with E-state index in [1.54, 1.807) is 18.2 Å². The van der Waals surface area contributed by atoms with Crippen LogP contribution < -0.4 is 5.43 Å². The summed E-state index contributed by atoms with van der Waals surface area (Å²) in [5, 5.41) is 1.57. The molecule has 1 aromatic heterocycles. The molecule has 0 aliphatic heterocycles. The van der Waals surface area contributed by atoms with Gasteiger partial charge in [0.2, 0.25) is 0 Å². The first-order valence-electron chi connectivity index (χ1n) is 3.98. The van der Waals surface area contributed by atoms with Gasteiger partial charge in [0.25, 0.3) is 0 Å². The molecule has 1 aromatic carbocycles. The molecule has 0 saturated heterocycles. The number of halogens is 2. The van der Waals surface area contributed by atoms with Gasteiger partial charge in [-0.3, -0.25) is 4.79 Å². The summed E-state index contributed by atoms with van der Waals surface area (Å²) in [7, 11) is 0. The lowest BCUT2D eigenvalue weighted by molar-refractivity contribution is 1.57. The molecule has 0 N–H and O–H groups in total.